The molecule has 0 aromatic rings. The average Bonchev–Trinajstić information content (AvgIpc) is 3.01. The number of ether oxygens (including phenoxy) is 2. The van der Waals surface area contributed by atoms with Crippen LogP contribution in [0.3, 0.4) is 0 Å². The van der Waals surface area contributed by atoms with Crippen LogP contribution in [0.15, 0.2) is 0 Å². The van der Waals surface area contributed by atoms with Gasteiger partial charge >= 0.3 is 0 Å². The highest BCUT2D eigenvalue weighted by Crippen LogP contribution is 2.22. The molecular formula is C36H72O9. The van der Waals surface area contributed by atoms with E-state index in [9.17, 15) is 35.7 Å². The fraction of sp³-hybridized carbons (Fsp3) is 1.00. The molecule has 0 amide bonds. The normalized spacial score (nSPS) is 24.1. The van der Waals surface area contributed by atoms with E-state index in [0.29, 0.717) is 19.3 Å². The third-order valence-electron chi connectivity index (χ3n) is 9.27. The number of hydrogen-bond acceptors (Lipinski definition) is 9. The van der Waals surface area contributed by atoms with Crippen molar-refractivity contribution >= 4 is 0 Å². The summed E-state index contributed by atoms with van der Waals surface area (Å²) in [6, 6.07) is 0. The lowest BCUT2D eigenvalue weighted by Gasteiger charge is -2.39. The average molecular weight is 649 g/mol. The zero-order valence-electron chi connectivity index (χ0n) is 28.7. The quantitative estimate of drug-likeness (QED) is 0.0471. The van der Waals surface area contributed by atoms with E-state index in [-0.39, 0.29) is 12.7 Å². The van der Waals surface area contributed by atoms with Crippen molar-refractivity contribution in [3.63, 3.8) is 0 Å². The predicted molar refractivity (Wildman–Crippen MR) is 179 cm³/mol. The zero-order chi connectivity index (χ0) is 33.1. The second-order valence-electron chi connectivity index (χ2n) is 13.8. The van der Waals surface area contributed by atoms with Crippen LogP contribution in [0, 0.1) is 0 Å². The van der Waals surface area contributed by atoms with Crippen LogP contribution in [0.5, 0.6) is 0 Å². The molecule has 7 N–H and O–H groups in total. The third kappa shape index (κ3) is 22.8. The molecule has 1 saturated heterocycles. The minimum Gasteiger partial charge on any atom is -0.394 e. The lowest BCUT2D eigenvalue weighted by Crippen LogP contribution is -2.59. The van der Waals surface area contributed by atoms with Crippen LogP contribution in [0.2, 0.25) is 0 Å². The summed E-state index contributed by atoms with van der Waals surface area (Å²) in [6.07, 6.45) is 21.9. The maximum absolute atomic E-state index is 10.2. The molecule has 0 aromatic carbocycles. The second kappa shape index (κ2) is 28.6. The SMILES string of the molecule is C[C@@H](O)C[C@@H](O)CCCCCCCCCCCCCCCCCCCCCCC[C@@H](O)CCO[C@H]1OC(CO)[C@@H](O)C(O)[C@@H]1O. The molecule has 9 heteroatoms. The Morgan fingerprint density at radius 3 is 1.27 bits per heavy atom. The van der Waals surface area contributed by atoms with Crippen molar-refractivity contribution < 1.29 is 45.2 Å². The highest BCUT2D eigenvalue weighted by atomic mass is 16.7. The fourth-order valence-electron chi connectivity index (χ4n) is 6.30. The van der Waals surface area contributed by atoms with Gasteiger partial charge in [0.1, 0.15) is 24.4 Å². The molecule has 1 fully saturated rings. The summed E-state index contributed by atoms with van der Waals surface area (Å²) < 4.78 is 10.8. The highest BCUT2D eigenvalue weighted by Gasteiger charge is 2.43. The molecule has 0 aromatic heterocycles. The minimum atomic E-state index is -1.45. The molecule has 270 valence electrons. The van der Waals surface area contributed by atoms with Crippen molar-refractivity contribution in [2.24, 2.45) is 0 Å². The van der Waals surface area contributed by atoms with Crippen molar-refractivity contribution in [3.8, 4) is 0 Å². The van der Waals surface area contributed by atoms with Crippen LogP contribution in [0.4, 0.5) is 0 Å². The largest absolute Gasteiger partial charge is 0.394 e. The van der Waals surface area contributed by atoms with Crippen LogP contribution >= 0.6 is 0 Å². The Bertz CT molecular complexity index is 636. The van der Waals surface area contributed by atoms with E-state index in [1.807, 2.05) is 0 Å². The number of rotatable bonds is 31. The van der Waals surface area contributed by atoms with Crippen LogP contribution in [0.1, 0.15) is 167 Å². The van der Waals surface area contributed by atoms with Gasteiger partial charge in [-0.25, -0.2) is 0 Å². The van der Waals surface area contributed by atoms with E-state index in [4.69, 9.17) is 9.47 Å². The molecular weight excluding hydrogens is 576 g/mol. The van der Waals surface area contributed by atoms with Crippen LogP contribution < -0.4 is 0 Å². The molecule has 9 nitrogen and oxygen atoms in total. The molecule has 0 aliphatic carbocycles. The maximum Gasteiger partial charge on any atom is 0.186 e. The Labute approximate surface area is 274 Å². The van der Waals surface area contributed by atoms with Gasteiger partial charge in [-0.15, -0.1) is 0 Å². The Morgan fingerprint density at radius 1 is 0.511 bits per heavy atom. The van der Waals surface area contributed by atoms with Gasteiger partial charge in [0.25, 0.3) is 0 Å². The maximum atomic E-state index is 10.2. The molecule has 1 heterocycles. The summed E-state index contributed by atoms with van der Waals surface area (Å²) in [5, 5.41) is 68.1. The van der Waals surface area contributed by atoms with E-state index < -0.39 is 49.5 Å². The lowest BCUT2D eigenvalue weighted by atomic mass is 9.99. The summed E-state index contributed by atoms with van der Waals surface area (Å²) in [5.74, 6) is 0. The van der Waals surface area contributed by atoms with Crippen molar-refractivity contribution in [1.29, 1.82) is 0 Å². The molecule has 1 aliphatic heterocycles. The first-order valence-electron chi connectivity index (χ1n) is 18.7. The van der Waals surface area contributed by atoms with Crippen molar-refractivity contribution in [2.75, 3.05) is 13.2 Å². The van der Waals surface area contributed by atoms with E-state index >= 15 is 0 Å². The highest BCUT2D eigenvalue weighted by molar-refractivity contribution is 4.88. The monoisotopic (exact) mass is 649 g/mol. The molecule has 45 heavy (non-hydrogen) atoms. The first-order valence-corrected chi connectivity index (χ1v) is 18.7. The van der Waals surface area contributed by atoms with Crippen molar-refractivity contribution in [2.45, 2.75) is 216 Å². The van der Waals surface area contributed by atoms with Gasteiger partial charge in [-0.2, -0.15) is 0 Å². The van der Waals surface area contributed by atoms with Gasteiger partial charge in [0, 0.05) is 0 Å². The van der Waals surface area contributed by atoms with Gasteiger partial charge in [0.15, 0.2) is 6.29 Å². The molecule has 1 rings (SSSR count). The zero-order valence-corrected chi connectivity index (χ0v) is 28.7. The summed E-state index contributed by atoms with van der Waals surface area (Å²) in [5.41, 5.74) is 0. The molecule has 2 unspecified atom stereocenters. The number of hydrogen-bond donors (Lipinski definition) is 7. The topological polar surface area (TPSA) is 160 Å². The van der Waals surface area contributed by atoms with Crippen molar-refractivity contribution in [1.82, 2.24) is 0 Å². The first-order chi connectivity index (χ1) is 21.8. The van der Waals surface area contributed by atoms with Crippen LogP contribution in [-0.4, -0.2) is 98.0 Å². The van der Waals surface area contributed by atoms with E-state index in [1.165, 1.54) is 116 Å². The molecule has 1 aliphatic rings. The lowest BCUT2D eigenvalue weighted by molar-refractivity contribution is -0.301. The predicted octanol–water partition coefficient (Wildman–Crippen LogP) is 5.66. The molecule has 8 atom stereocenters. The minimum absolute atomic E-state index is 0.160. The van der Waals surface area contributed by atoms with Crippen LogP contribution in [-0.2, 0) is 9.47 Å². The third-order valence-corrected chi connectivity index (χ3v) is 9.27. The second-order valence-corrected chi connectivity index (χ2v) is 13.8. The van der Waals surface area contributed by atoms with Gasteiger partial charge < -0.3 is 45.2 Å². The molecule has 0 spiro atoms. The Kier molecular flexibility index (Phi) is 27.1. The van der Waals surface area contributed by atoms with Crippen LogP contribution in [0.25, 0.3) is 0 Å². The molecule has 0 saturated carbocycles. The number of aliphatic hydroxyl groups is 7. The van der Waals surface area contributed by atoms with Gasteiger partial charge in [0.2, 0.25) is 0 Å². The Morgan fingerprint density at radius 2 is 0.889 bits per heavy atom. The Balaban J connectivity index is 1.77. The van der Waals surface area contributed by atoms with Crippen molar-refractivity contribution in [3.05, 3.63) is 0 Å². The number of unbranched alkanes of at least 4 members (excludes halogenated alkanes) is 20. The van der Waals surface area contributed by atoms with Gasteiger partial charge in [-0.1, -0.05) is 135 Å². The van der Waals surface area contributed by atoms with E-state index in [0.717, 1.165) is 25.7 Å². The Hall–Kier alpha value is -0.360. The summed E-state index contributed by atoms with van der Waals surface area (Å²) >= 11 is 0. The van der Waals surface area contributed by atoms with Gasteiger partial charge in [0.05, 0.1) is 31.5 Å². The standard InChI is InChI=1S/C36H72O9/c1-29(38)27-31(40)24-22-20-18-16-14-12-10-8-6-4-2-3-5-7-9-11-13-15-17-19-21-23-30(39)25-26-44-36-35(43)34(42)33(41)32(28-37)45-36/h29-43H,2-28H2,1H3/t29-,30-,31+,32?,33-,34?,35+,36+/m1/s1. The molecule has 0 radical (unpaired) electrons. The summed E-state index contributed by atoms with van der Waals surface area (Å²) in [7, 11) is 0. The summed E-state index contributed by atoms with van der Waals surface area (Å²) in [4.78, 5) is 0. The number of aliphatic hydroxyl groups excluding tert-OH is 7. The fourth-order valence-corrected chi connectivity index (χ4v) is 6.30. The smallest absolute Gasteiger partial charge is 0.186 e. The van der Waals surface area contributed by atoms with Gasteiger partial charge in [-0.3, -0.25) is 0 Å². The first kappa shape index (κ1) is 42.7. The summed E-state index contributed by atoms with van der Waals surface area (Å²) in [6.45, 7) is 1.41. The van der Waals surface area contributed by atoms with E-state index in [1.54, 1.807) is 6.92 Å². The molecule has 0 bridgehead atoms. The van der Waals surface area contributed by atoms with Gasteiger partial charge in [-0.05, 0) is 32.6 Å². The van der Waals surface area contributed by atoms with E-state index in [2.05, 4.69) is 0 Å².